The summed E-state index contributed by atoms with van der Waals surface area (Å²) in [5, 5.41) is 4.63. The molecule has 2 N–H and O–H groups in total. The van der Waals surface area contributed by atoms with Crippen LogP contribution in [0, 0.1) is 0 Å². The molecule has 2 heterocycles. The molecule has 8 nitrogen and oxygen atoms in total. The molecule has 3 rings (SSSR count). The van der Waals surface area contributed by atoms with E-state index in [2.05, 4.69) is 10.3 Å². The van der Waals surface area contributed by atoms with Crippen LogP contribution in [0.2, 0.25) is 0 Å². The van der Waals surface area contributed by atoms with E-state index in [1.165, 1.54) is 0 Å². The zero-order valence-electron chi connectivity index (χ0n) is 17.7. The van der Waals surface area contributed by atoms with Gasteiger partial charge in [0.2, 0.25) is 0 Å². The first-order chi connectivity index (χ1) is 14.5. The van der Waals surface area contributed by atoms with Crippen molar-refractivity contribution in [3.63, 3.8) is 0 Å². The van der Waals surface area contributed by atoms with E-state index in [1.54, 1.807) is 27.4 Å². The van der Waals surface area contributed by atoms with Crippen LogP contribution in [0.5, 0.6) is 11.5 Å². The molecular formula is C21H29N3O5S. The maximum absolute atomic E-state index is 12.8. The van der Waals surface area contributed by atoms with E-state index < -0.39 is 0 Å². The van der Waals surface area contributed by atoms with Gasteiger partial charge in [-0.3, -0.25) is 4.79 Å². The second kappa shape index (κ2) is 10.6. The van der Waals surface area contributed by atoms with E-state index in [0.29, 0.717) is 53.9 Å². The average molecular weight is 436 g/mol. The second-order valence-electron chi connectivity index (χ2n) is 7.16. The second-order valence-corrected chi connectivity index (χ2v) is 7.55. The minimum absolute atomic E-state index is 0.107. The van der Waals surface area contributed by atoms with Crippen molar-refractivity contribution < 1.29 is 18.9 Å². The summed E-state index contributed by atoms with van der Waals surface area (Å²) in [5.41, 5.74) is 1.14. The molecule has 0 aliphatic carbocycles. The Morgan fingerprint density at radius 2 is 2.03 bits per heavy atom. The van der Waals surface area contributed by atoms with Crippen molar-refractivity contribution in [3.8, 4) is 11.5 Å². The van der Waals surface area contributed by atoms with Crippen molar-refractivity contribution >= 4 is 28.2 Å². The number of aromatic nitrogens is 1. The molecule has 164 valence electrons. The van der Waals surface area contributed by atoms with Gasteiger partial charge >= 0.3 is 0 Å². The quantitative estimate of drug-likeness (QED) is 0.457. The molecule has 0 radical (unpaired) electrons. The van der Waals surface area contributed by atoms with Gasteiger partial charge in [-0.2, -0.15) is 0 Å². The van der Waals surface area contributed by atoms with Gasteiger partial charge in [0, 0.05) is 43.8 Å². The molecule has 0 spiro atoms. The van der Waals surface area contributed by atoms with Crippen molar-refractivity contribution in [3.05, 3.63) is 34.1 Å². The number of fused-ring (bicyclic) bond motifs is 1. The van der Waals surface area contributed by atoms with Crippen LogP contribution in [-0.4, -0.2) is 68.7 Å². The largest absolute Gasteiger partial charge is 0.493 e. The Morgan fingerprint density at radius 3 is 2.70 bits per heavy atom. The number of nitrogens with one attached hydrogen (secondary N) is 2. The summed E-state index contributed by atoms with van der Waals surface area (Å²) >= 11 is 5.59. The molecule has 0 amide bonds. The van der Waals surface area contributed by atoms with Crippen LogP contribution in [0.15, 0.2) is 23.0 Å². The topological polar surface area (TPSA) is 85.1 Å². The molecule has 1 aliphatic rings. The molecule has 1 aromatic heterocycles. The Kier molecular flexibility index (Phi) is 7.89. The molecule has 0 unspecified atom stereocenters. The molecule has 1 fully saturated rings. The number of pyridine rings is 1. The molecule has 1 saturated heterocycles. The lowest BCUT2D eigenvalue weighted by Gasteiger charge is -2.28. The normalized spacial score (nSPS) is 15.9. The zero-order chi connectivity index (χ0) is 21.5. The summed E-state index contributed by atoms with van der Waals surface area (Å²) in [6, 6.07) is 5.49. The minimum atomic E-state index is -0.160. The summed E-state index contributed by atoms with van der Waals surface area (Å²) < 4.78 is 21.6. The van der Waals surface area contributed by atoms with E-state index >= 15 is 0 Å². The Bertz CT molecular complexity index is 927. The van der Waals surface area contributed by atoms with Crippen LogP contribution in [-0.2, 0) is 16.0 Å². The van der Waals surface area contributed by atoms with Crippen LogP contribution in [0.3, 0.4) is 0 Å². The Morgan fingerprint density at radius 1 is 1.27 bits per heavy atom. The highest BCUT2D eigenvalue weighted by molar-refractivity contribution is 7.80. The molecule has 1 aromatic carbocycles. The highest BCUT2D eigenvalue weighted by Crippen LogP contribution is 2.31. The monoisotopic (exact) mass is 435 g/mol. The van der Waals surface area contributed by atoms with Crippen LogP contribution in [0.25, 0.3) is 10.9 Å². The third-order valence-electron chi connectivity index (χ3n) is 5.10. The third kappa shape index (κ3) is 5.41. The van der Waals surface area contributed by atoms with E-state index in [9.17, 15) is 4.79 Å². The van der Waals surface area contributed by atoms with Gasteiger partial charge in [-0.1, -0.05) is 0 Å². The smallest absolute Gasteiger partial charge is 0.253 e. The van der Waals surface area contributed by atoms with E-state index in [-0.39, 0.29) is 11.7 Å². The van der Waals surface area contributed by atoms with Gasteiger partial charge in [-0.05, 0) is 37.2 Å². The lowest BCUT2D eigenvalue weighted by Crippen LogP contribution is -2.44. The maximum atomic E-state index is 12.8. The number of hydrogen-bond acceptors (Lipinski definition) is 6. The van der Waals surface area contributed by atoms with Crippen molar-refractivity contribution in [2.24, 2.45) is 0 Å². The molecule has 2 aromatic rings. The van der Waals surface area contributed by atoms with Gasteiger partial charge in [0.1, 0.15) is 0 Å². The number of nitrogens with zero attached hydrogens (tertiary/aromatic N) is 1. The SMILES string of the molecule is COCCNC(=S)N(Cc1cc2cc(OC)c(OC)cc2[nH]c1=O)C[C@H]1CCCO1. The zero-order valence-corrected chi connectivity index (χ0v) is 18.5. The first kappa shape index (κ1) is 22.3. The highest BCUT2D eigenvalue weighted by atomic mass is 32.1. The van der Waals surface area contributed by atoms with Gasteiger partial charge in [-0.15, -0.1) is 0 Å². The first-order valence-corrected chi connectivity index (χ1v) is 10.4. The van der Waals surface area contributed by atoms with Gasteiger partial charge in [-0.25, -0.2) is 0 Å². The minimum Gasteiger partial charge on any atom is -0.493 e. The average Bonchev–Trinajstić information content (AvgIpc) is 3.26. The Balaban J connectivity index is 1.86. The maximum Gasteiger partial charge on any atom is 0.253 e. The van der Waals surface area contributed by atoms with E-state index in [0.717, 1.165) is 24.8 Å². The predicted molar refractivity (Wildman–Crippen MR) is 120 cm³/mol. The van der Waals surface area contributed by atoms with Crippen LogP contribution in [0.1, 0.15) is 18.4 Å². The van der Waals surface area contributed by atoms with Gasteiger partial charge in [0.15, 0.2) is 16.6 Å². The summed E-state index contributed by atoms with van der Waals surface area (Å²) in [7, 11) is 4.80. The van der Waals surface area contributed by atoms with Crippen LogP contribution >= 0.6 is 12.2 Å². The molecular weight excluding hydrogens is 406 g/mol. The molecule has 9 heteroatoms. The fourth-order valence-corrected chi connectivity index (χ4v) is 3.77. The number of H-pyrrole nitrogens is 1. The van der Waals surface area contributed by atoms with Crippen molar-refractivity contribution in [2.45, 2.75) is 25.5 Å². The summed E-state index contributed by atoms with van der Waals surface area (Å²) in [6.45, 7) is 2.91. The molecule has 1 atom stereocenters. The van der Waals surface area contributed by atoms with Crippen LogP contribution in [0.4, 0.5) is 0 Å². The number of benzene rings is 1. The van der Waals surface area contributed by atoms with Gasteiger partial charge < -0.3 is 34.1 Å². The number of methoxy groups -OCH3 is 3. The number of ether oxygens (including phenoxy) is 4. The number of hydrogen-bond donors (Lipinski definition) is 2. The lowest BCUT2D eigenvalue weighted by molar-refractivity contribution is 0.0895. The van der Waals surface area contributed by atoms with Gasteiger partial charge in [0.25, 0.3) is 5.56 Å². The fourth-order valence-electron chi connectivity index (χ4n) is 3.53. The summed E-state index contributed by atoms with van der Waals surface area (Å²) in [5.74, 6) is 1.17. The number of aromatic amines is 1. The van der Waals surface area contributed by atoms with E-state index in [1.807, 2.05) is 17.0 Å². The molecule has 1 aliphatic heterocycles. The van der Waals surface area contributed by atoms with Crippen LogP contribution < -0.4 is 20.3 Å². The van der Waals surface area contributed by atoms with E-state index in [4.69, 9.17) is 31.2 Å². The van der Waals surface area contributed by atoms with Crippen molar-refractivity contribution in [2.75, 3.05) is 47.6 Å². The third-order valence-corrected chi connectivity index (χ3v) is 5.51. The lowest BCUT2D eigenvalue weighted by atomic mass is 10.1. The van der Waals surface area contributed by atoms with Gasteiger partial charge in [0.05, 0.1) is 39.0 Å². The standard InChI is InChI=1S/C21H29N3O5S/c1-26-8-6-22-21(30)24(13-16-5-4-7-29-16)12-15-9-14-10-18(27-2)19(28-3)11-17(14)23-20(15)25/h9-11,16H,4-8,12-13H2,1-3H3,(H,22,30)(H,23,25)/t16-/m1/s1. The molecule has 30 heavy (non-hydrogen) atoms. The number of rotatable bonds is 9. The van der Waals surface area contributed by atoms with Crippen molar-refractivity contribution in [1.29, 1.82) is 0 Å². The summed E-state index contributed by atoms with van der Waals surface area (Å²) in [4.78, 5) is 17.7. The molecule has 0 bridgehead atoms. The number of thiocarbonyl (C=S) groups is 1. The predicted octanol–water partition coefficient (Wildman–Crippen LogP) is 2.05. The highest BCUT2D eigenvalue weighted by Gasteiger charge is 2.22. The Labute approximate surface area is 181 Å². The van der Waals surface area contributed by atoms with Crippen molar-refractivity contribution in [1.82, 2.24) is 15.2 Å². The first-order valence-electron chi connectivity index (χ1n) is 9.97. The molecule has 0 saturated carbocycles. The fraction of sp³-hybridized carbons (Fsp3) is 0.524. The Hall–Kier alpha value is -2.36. The summed E-state index contributed by atoms with van der Waals surface area (Å²) in [6.07, 6.45) is 2.14.